The van der Waals surface area contributed by atoms with E-state index < -0.39 is 12.2 Å². The molecular weight excluding hydrogens is 220 g/mol. The van der Waals surface area contributed by atoms with Gasteiger partial charge < -0.3 is 19.7 Å². The molecule has 0 radical (unpaired) electrons. The molecule has 0 fully saturated rings. The number of hydrogen-bond acceptors (Lipinski definition) is 4. The maximum Gasteiger partial charge on any atom is 0.128 e. The van der Waals surface area contributed by atoms with Gasteiger partial charge in [-0.1, -0.05) is 6.92 Å². The molecule has 2 unspecified atom stereocenters. The van der Waals surface area contributed by atoms with Crippen molar-refractivity contribution in [1.29, 1.82) is 0 Å². The van der Waals surface area contributed by atoms with Crippen molar-refractivity contribution in [3.05, 3.63) is 23.8 Å². The summed E-state index contributed by atoms with van der Waals surface area (Å²) in [6.07, 6.45) is -0.480. The van der Waals surface area contributed by atoms with Crippen molar-refractivity contribution >= 4 is 0 Å². The molecule has 2 N–H and O–H groups in total. The van der Waals surface area contributed by atoms with Gasteiger partial charge in [-0.3, -0.25) is 0 Å². The molecule has 0 aliphatic rings. The number of aliphatic hydroxyl groups excluding tert-OH is 2. The molecule has 4 heteroatoms. The first-order valence-corrected chi connectivity index (χ1v) is 5.75. The van der Waals surface area contributed by atoms with Crippen molar-refractivity contribution in [2.45, 2.75) is 32.5 Å². The molecule has 0 aromatic heterocycles. The SMILES string of the molecule is CCC(O)COc1cc(OC)ccc1C(C)O. The summed E-state index contributed by atoms with van der Waals surface area (Å²) in [6, 6.07) is 5.24. The van der Waals surface area contributed by atoms with Crippen LogP contribution in [0.25, 0.3) is 0 Å². The summed E-state index contributed by atoms with van der Waals surface area (Å²) in [4.78, 5) is 0. The Kier molecular flexibility index (Phi) is 5.25. The van der Waals surface area contributed by atoms with Gasteiger partial charge in [0.25, 0.3) is 0 Å². The van der Waals surface area contributed by atoms with Crippen molar-refractivity contribution < 1.29 is 19.7 Å². The quantitative estimate of drug-likeness (QED) is 0.797. The Hall–Kier alpha value is -1.26. The van der Waals surface area contributed by atoms with E-state index in [-0.39, 0.29) is 6.61 Å². The average Bonchev–Trinajstić information content (AvgIpc) is 2.35. The molecule has 2 atom stereocenters. The molecule has 96 valence electrons. The Morgan fingerprint density at radius 3 is 2.53 bits per heavy atom. The Balaban J connectivity index is 2.85. The zero-order valence-electron chi connectivity index (χ0n) is 10.5. The second-order valence-corrected chi connectivity index (χ2v) is 3.95. The van der Waals surface area contributed by atoms with Crippen LogP contribution >= 0.6 is 0 Å². The normalized spacial score (nSPS) is 14.2. The second kappa shape index (κ2) is 6.47. The molecule has 0 bridgehead atoms. The van der Waals surface area contributed by atoms with Crippen molar-refractivity contribution in [2.75, 3.05) is 13.7 Å². The summed E-state index contributed by atoms with van der Waals surface area (Å²) in [5.74, 6) is 1.21. The number of methoxy groups -OCH3 is 1. The molecule has 1 rings (SSSR count). The lowest BCUT2D eigenvalue weighted by Gasteiger charge is -2.16. The van der Waals surface area contributed by atoms with Crippen molar-refractivity contribution in [3.8, 4) is 11.5 Å². The Labute approximate surface area is 102 Å². The van der Waals surface area contributed by atoms with Crippen LogP contribution in [-0.4, -0.2) is 30.0 Å². The topological polar surface area (TPSA) is 58.9 Å². The predicted octanol–water partition coefficient (Wildman–Crippen LogP) is 1.90. The average molecular weight is 240 g/mol. The summed E-state index contributed by atoms with van der Waals surface area (Å²) < 4.78 is 10.6. The molecule has 17 heavy (non-hydrogen) atoms. The van der Waals surface area contributed by atoms with Crippen LogP contribution in [0.1, 0.15) is 31.9 Å². The van der Waals surface area contributed by atoms with Crippen LogP contribution in [0.5, 0.6) is 11.5 Å². The number of aliphatic hydroxyl groups is 2. The highest BCUT2D eigenvalue weighted by Gasteiger charge is 2.12. The van der Waals surface area contributed by atoms with Gasteiger partial charge in [-0.15, -0.1) is 0 Å². The smallest absolute Gasteiger partial charge is 0.128 e. The molecule has 0 spiro atoms. The van der Waals surface area contributed by atoms with Gasteiger partial charge in [0.15, 0.2) is 0 Å². The van der Waals surface area contributed by atoms with Gasteiger partial charge in [0.2, 0.25) is 0 Å². The van der Waals surface area contributed by atoms with Crippen molar-refractivity contribution in [1.82, 2.24) is 0 Å². The standard InChI is InChI=1S/C13H20O4/c1-4-10(15)8-17-13-7-11(16-3)5-6-12(13)9(2)14/h5-7,9-10,14-15H,4,8H2,1-3H3. The maximum absolute atomic E-state index is 9.61. The van der Waals surface area contributed by atoms with E-state index in [4.69, 9.17) is 9.47 Å². The molecule has 0 amide bonds. The van der Waals surface area contributed by atoms with Gasteiger partial charge in [-0.2, -0.15) is 0 Å². The third kappa shape index (κ3) is 3.91. The molecule has 0 aliphatic heterocycles. The van der Waals surface area contributed by atoms with Crippen LogP contribution in [0.15, 0.2) is 18.2 Å². The summed E-state index contributed by atoms with van der Waals surface area (Å²) in [7, 11) is 1.57. The third-order valence-electron chi connectivity index (χ3n) is 2.57. The summed E-state index contributed by atoms with van der Waals surface area (Å²) in [6.45, 7) is 3.77. The number of benzene rings is 1. The van der Waals surface area contributed by atoms with Crippen LogP contribution in [0, 0.1) is 0 Å². The van der Waals surface area contributed by atoms with Crippen LogP contribution in [0.4, 0.5) is 0 Å². The predicted molar refractivity (Wildman–Crippen MR) is 65.4 cm³/mol. The van der Waals surface area contributed by atoms with Crippen LogP contribution in [0.3, 0.4) is 0 Å². The Bertz CT molecular complexity index is 349. The molecule has 0 aliphatic carbocycles. The van der Waals surface area contributed by atoms with E-state index in [0.29, 0.717) is 23.5 Å². The number of ether oxygens (including phenoxy) is 2. The fourth-order valence-electron chi connectivity index (χ4n) is 1.42. The summed E-state index contributed by atoms with van der Waals surface area (Å²) >= 11 is 0. The van der Waals surface area contributed by atoms with Crippen molar-refractivity contribution in [2.24, 2.45) is 0 Å². The monoisotopic (exact) mass is 240 g/mol. The van der Waals surface area contributed by atoms with Gasteiger partial charge in [-0.05, 0) is 25.5 Å². The van der Waals surface area contributed by atoms with Crippen LogP contribution < -0.4 is 9.47 Å². The van der Waals surface area contributed by atoms with E-state index in [1.807, 2.05) is 6.92 Å². The van der Waals surface area contributed by atoms with Gasteiger partial charge in [0.05, 0.1) is 19.3 Å². The molecule has 0 saturated heterocycles. The number of rotatable bonds is 6. The zero-order valence-corrected chi connectivity index (χ0v) is 10.5. The highest BCUT2D eigenvalue weighted by atomic mass is 16.5. The minimum atomic E-state index is -0.616. The van der Waals surface area contributed by atoms with Gasteiger partial charge in [0, 0.05) is 11.6 Å². The summed E-state index contributed by atoms with van der Waals surface area (Å²) in [5, 5.41) is 19.1. The number of hydrogen-bond donors (Lipinski definition) is 2. The minimum Gasteiger partial charge on any atom is -0.497 e. The summed E-state index contributed by atoms with van der Waals surface area (Å²) in [5.41, 5.74) is 0.689. The lowest BCUT2D eigenvalue weighted by Crippen LogP contribution is -2.17. The largest absolute Gasteiger partial charge is 0.497 e. The lowest BCUT2D eigenvalue weighted by molar-refractivity contribution is 0.101. The lowest BCUT2D eigenvalue weighted by atomic mass is 10.1. The molecular formula is C13H20O4. The fraction of sp³-hybridized carbons (Fsp3) is 0.538. The van der Waals surface area contributed by atoms with E-state index in [1.165, 1.54) is 0 Å². The Morgan fingerprint density at radius 2 is 2.00 bits per heavy atom. The Morgan fingerprint density at radius 1 is 1.29 bits per heavy atom. The minimum absolute atomic E-state index is 0.212. The first kappa shape index (κ1) is 13.8. The first-order chi connectivity index (χ1) is 8.08. The van der Waals surface area contributed by atoms with E-state index >= 15 is 0 Å². The van der Waals surface area contributed by atoms with Gasteiger partial charge >= 0.3 is 0 Å². The molecule has 1 aromatic carbocycles. The first-order valence-electron chi connectivity index (χ1n) is 5.75. The molecule has 0 saturated carbocycles. The zero-order chi connectivity index (χ0) is 12.8. The van der Waals surface area contributed by atoms with E-state index in [0.717, 1.165) is 0 Å². The van der Waals surface area contributed by atoms with Gasteiger partial charge in [-0.25, -0.2) is 0 Å². The molecule has 4 nitrogen and oxygen atoms in total. The highest BCUT2D eigenvalue weighted by Crippen LogP contribution is 2.29. The van der Waals surface area contributed by atoms with Crippen molar-refractivity contribution in [3.63, 3.8) is 0 Å². The van der Waals surface area contributed by atoms with Crippen LogP contribution in [-0.2, 0) is 0 Å². The third-order valence-corrected chi connectivity index (χ3v) is 2.57. The van der Waals surface area contributed by atoms with Gasteiger partial charge in [0.1, 0.15) is 18.1 Å². The fourth-order valence-corrected chi connectivity index (χ4v) is 1.42. The molecule has 0 heterocycles. The maximum atomic E-state index is 9.61. The van der Waals surface area contributed by atoms with Crippen LogP contribution in [0.2, 0.25) is 0 Å². The highest BCUT2D eigenvalue weighted by molar-refractivity contribution is 5.41. The second-order valence-electron chi connectivity index (χ2n) is 3.95. The van der Waals surface area contributed by atoms with E-state index in [2.05, 4.69) is 0 Å². The molecule has 1 aromatic rings. The van der Waals surface area contributed by atoms with E-state index in [1.54, 1.807) is 32.2 Å². The van der Waals surface area contributed by atoms with E-state index in [9.17, 15) is 10.2 Å².